The molecule has 0 N–H and O–H groups in total. The van der Waals surface area contributed by atoms with Gasteiger partial charge in [-0.3, -0.25) is 4.57 Å². The van der Waals surface area contributed by atoms with Crippen molar-refractivity contribution in [2.75, 3.05) is 12.8 Å². The van der Waals surface area contributed by atoms with Gasteiger partial charge in [0, 0.05) is 6.61 Å². The highest BCUT2D eigenvalue weighted by molar-refractivity contribution is 7.54. The molecular formula is C17H27O4P. The Morgan fingerprint density at radius 2 is 1.73 bits per heavy atom. The standard InChI is InChI=1S/C17H27O4P/c1-14(2)20-22(18,21-15(3)4)13-17(11-8-12-19-17)16-9-6-5-7-10-16/h5-7,9-10,14-15H,8,11-13H2,1-4H3. The van der Waals surface area contributed by atoms with Crippen molar-refractivity contribution in [3.8, 4) is 0 Å². The van der Waals surface area contributed by atoms with Gasteiger partial charge < -0.3 is 13.8 Å². The van der Waals surface area contributed by atoms with E-state index in [-0.39, 0.29) is 18.4 Å². The molecule has 0 amide bonds. The fraction of sp³-hybridized carbons (Fsp3) is 0.647. The number of ether oxygens (including phenoxy) is 1. The Kier molecular flexibility index (Phi) is 5.84. The van der Waals surface area contributed by atoms with E-state index in [2.05, 4.69) is 0 Å². The van der Waals surface area contributed by atoms with Crippen molar-refractivity contribution in [3.63, 3.8) is 0 Å². The van der Waals surface area contributed by atoms with Crippen LogP contribution < -0.4 is 0 Å². The molecule has 1 aromatic carbocycles. The first-order valence-electron chi connectivity index (χ1n) is 8.01. The summed E-state index contributed by atoms with van der Waals surface area (Å²) in [6.07, 6.45) is 1.75. The number of hydrogen-bond acceptors (Lipinski definition) is 4. The van der Waals surface area contributed by atoms with E-state index < -0.39 is 13.2 Å². The quantitative estimate of drug-likeness (QED) is 0.679. The van der Waals surface area contributed by atoms with Gasteiger partial charge in [0.15, 0.2) is 0 Å². The zero-order valence-corrected chi connectivity index (χ0v) is 14.8. The van der Waals surface area contributed by atoms with Crippen LogP contribution in [0.3, 0.4) is 0 Å². The molecule has 4 nitrogen and oxygen atoms in total. The minimum absolute atomic E-state index is 0.154. The zero-order chi connectivity index (χ0) is 16.2. The lowest BCUT2D eigenvalue weighted by Gasteiger charge is -2.33. The first-order chi connectivity index (χ1) is 10.4. The van der Waals surface area contributed by atoms with Crippen LogP contribution in [0.2, 0.25) is 0 Å². The number of rotatable bonds is 7. The highest BCUT2D eigenvalue weighted by atomic mass is 31.2. The largest absolute Gasteiger partial charge is 0.370 e. The average Bonchev–Trinajstić information content (AvgIpc) is 2.86. The van der Waals surface area contributed by atoms with Crippen LogP contribution in [-0.2, 0) is 24.0 Å². The maximum atomic E-state index is 13.2. The minimum Gasteiger partial charge on any atom is -0.370 e. The fourth-order valence-corrected chi connectivity index (χ4v) is 5.48. The van der Waals surface area contributed by atoms with E-state index in [0.29, 0.717) is 6.61 Å². The predicted octanol–water partition coefficient (Wildman–Crippen LogP) is 4.74. The summed E-state index contributed by atoms with van der Waals surface area (Å²) >= 11 is 0. The van der Waals surface area contributed by atoms with Crippen molar-refractivity contribution in [1.82, 2.24) is 0 Å². The van der Waals surface area contributed by atoms with Crippen LogP contribution in [0.15, 0.2) is 30.3 Å². The van der Waals surface area contributed by atoms with E-state index >= 15 is 0 Å². The molecule has 1 aromatic rings. The highest BCUT2D eigenvalue weighted by Gasteiger charge is 2.45. The Balaban J connectivity index is 2.30. The Labute approximate surface area is 133 Å². The molecule has 5 heteroatoms. The molecule has 1 aliphatic heterocycles. The van der Waals surface area contributed by atoms with Gasteiger partial charge >= 0.3 is 7.60 Å². The van der Waals surface area contributed by atoms with Gasteiger partial charge in [-0.1, -0.05) is 30.3 Å². The molecule has 0 aliphatic carbocycles. The average molecular weight is 326 g/mol. The summed E-state index contributed by atoms with van der Waals surface area (Å²) in [4.78, 5) is 0. The lowest BCUT2D eigenvalue weighted by atomic mass is 9.93. The molecule has 0 aromatic heterocycles. The summed E-state index contributed by atoms with van der Waals surface area (Å²) in [5, 5.41) is 0. The second-order valence-electron chi connectivity index (χ2n) is 6.39. The fourth-order valence-electron chi connectivity index (χ4n) is 2.94. The molecule has 1 saturated heterocycles. The number of hydrogen-bond donors (Lipinski definition) is 0. The van der Waals surface area contributed by atoms with Crippen LogP contribution in [0.5, 0.6) is 0 Å². The Bertz CT molecular complexity index is 493. The van der Waals surface area contributed by atoms with Gasteiger partial charge in [-0.05, 0) is 46.1 Å². The van der Waals surface area contributed by atoms with Crippen molar-refractivity contribution >= 4 is 7.60 Å². The summed E-state index contributed by atoms with van der Waals surface area (Å²) < 4.78 is 30.7. The van der Waals surface area contributed by atoms with Crippen molar-refractivity contribution in [3.05, 3.63) is 35.9 Å². The predicted molar refractivity (Wildman–Crippen MR) is 88.2 cm³/mol. The van der Waals surface area contributed by atoms with Gasteiger partial charge in [0.05, 0.1) is 18.4 Å². The smallest absolute Gasteiger partial charge is 0.334 e. The van der Waals surface area contributed by atoms with Gasteiger partial charge in [0.2, 0.25) is 0 Å². The van der Waals surface area contributed by atoms with Crippen LogP contribution in [0.1, 0.15) is 46.1 Å². The van der Waals surface area contributed by atoms with E-state index in [1.807, 2.05) is 58.0 Å². The summed E-state index contributed by atoms with van der Waals surface area (Å²) in [5.74, 6) is 0. The molecule has 124 valence electrons. The third kappa shape index (κ3) is 4.42. The highest BCUT2D eigenvalue weighted by Crippen LogP contribution is 2.57. The van der Waals surface area contributed by atoms with E-state index in [4.69, 9.17) is 13.8 Å². The molecule has 0 bridgehead atoms. The second-order valence-corrected chi connectivity index (χ2v) is 8.35. The second kappa shape index (κ2) is 7.27. The van der Waals surface area contributed by atoms with E-state index in [9.17, 15) is 4.57 Å². The molecule has 1 aliphatic rings. The molecule has 0 radical (unpaired) electrons. The third-order valence-electron chi connectivity index (χ3n) is 3.60. The normalized spacial score (nSPS) is 22.6. The summed E-state index contributed by atoms with van der Waals surface area (Å²) in [5.41, 5.74) is 0.480. The van der Waals surface area contributed by atoms with Crippen molar-refractivity contribution in [2.45, 2.75) is 58.3 Å². The van der Waals surface area contributed by atoms with Crippen molar-refractivity contribution in [2.24, 2.45) is 0 Å². The molecule has 1 heterocycles. The molecule has 1 atom stereocenters. The third-order valence-corrected chi connectivity index (χ3v) is 5.98. The van der Waals surface area contributed by atoms with E-state index in [0.717, 1.165) is 18.4 Å². The topological polar surface area (TPSA) is 44.8 Å². The Morgan fingerprint density at radius 3 is 2.18 bits per heavy atom. The first kappa shape index (κ1) is 17.7. The van der Waals surface area contributed by atoms with Crippen LogP contribution in [-0.4, -0.2) is 25.0 Å². The molecule has 2 rings (SSSR count). The molecule has 0 spiro atoms. The van der Waals surface area contributed by atoms with E-state index in [1.165, 1.54) is 0 Å². The molecule has 1 unspecified atom stereocenters. The van der Waals surface area contributed by atoms with Gasteiger partial charge in [-0.2, -0.15) is 0 Å². The van der Waals surface area contributed by atoms with Gasteiger partial charge in [0.25, 0.3) is 0 Å². The lowest BCUT2D eigenvalue weighted by Crippen LogP contribution is -2.31. The van der Waals surface area contributed by atoms with Gasteiger partial charge in [-0.25, -0.2) is 0 Å². The molecular weight excluding hydrogens is 299 g/mol. The minimum atomic E-state index is -3.24. The van der Waals surface area contributed by atoms with Crippen LogP contribution in [0.25, 0.3) is 0 Å². The summed E-state index contributed by atoms with van der Waals surface area (Å²) in [7, 11) is -3.24. The molecule has 1 fully saturated rings. The SMILES string of the molecule is CC(C)OP(=O)(CC1(c2ccccc2)CCCO1)OC(C)C. The van der Waals surface area contributed by atoms with Gasteiger partial charge in [0.1, 0.15) is 5.60 Å². The maximum Gasteiger partial charge on any atom is 0.334 e. The molecule has 0 saturated carbocycles. The van der Waals surface area contributed by atoms with E-state index in [1.54, 1.807) is 0 Å². The first-order valence-corrected chi connectivity index (χ1v) is 9.73. The van der Waals surface area contributed by atoms with Crippen molar-refractivity contribution in [1.29, 1.82) is 0 Å². The van der Waals surface area contributed by atoms with Gasteiger partial charge in [-0.15, -0.1) is 0 Å². The van der Waals surface area contributed by atoms with Crippen LogP contribution in [0.4, 0.5) is 0 Å². The van der Waals surface area contributed by atoms with Crippen LogP contribution in [0, 0.1) is 0 Å². The zero-order valence-electron chi connectivity index (χ0n) is 14.0. The lowest BCUT2D eigenvalue weighted by molar-refractivity contribution is 0.0110. The summed E-state index contributed by atoms with van der Waals surface area (Å²) in [6.45, 7) is 8.18. The van der Waals surface area contributed by atoms with Crippen LogP contribution >= 0.6 is 7.60 Å². The Morgan fingerprint density at radius 1 is 1.14 bits per heavy atom. The monoisotopic (exact) mass is 326 g/mol. The maximum absolute atomic E-state index is 13.2. The van der Waals surface area contributed by atoms with Crippen molar-refractivity contribution < 1.29 is 18.3 Å². The Hall–Kier alpha value is -0.670. The molecule has 22 heavy (non-hydrogen) atoms. The summed E-state index contributed by atoms with van der Waals surface area (Å²) in [6, 6.07) is 9.99. The number of benzene rings is 1.